The smallest absolute Gasteiger partial charge is 0.0674 e. The highest BCUT2D eigenvalue weighted by Crippen LogP contribution is 2.28. The van der Waals surface area contributed by atoms with Crippen LogP contribution in [0.3, 0.4) is 0 Å². The lowest BCUT2D eigenvalue weighted by Gasteiger charge is -2.29. The first-order valence-corrected chi connectivity index (χ1v) is 7.38. The summed E-state index contributed by atoms with van der Waals surface area (Å²) in [5, 5.41) is 0. The Morgan fingerprint density at radius 3 is 2.79 bits per heavy atom. The van der Waals surface area contributed by atoms with Crippen LogP contribution >= 0.6 is 15.9 Å². The van der Waals surface area contributed by atoms with Crippen molar-refractivity contribution in [2.24, 2.45) is 5.73 Å². The Balaban J connectivity index is 2.10. The van der Waals surface area contributed by atoms with Crippen molar-refractivity contribution in [2.75, 3.05) is 31.7 Å². The molecule has 0 spiro atoms. The van der Waals surface area contributed by atoms with Gasteiger partial charge in [-0.1, -0.05) is 28.1 Å². The molecule has 0 saturated carbocycles. The third-order valence-corrected chi connectivity index (χ3v) is 4.16. The molecule has 4 heteroatoms. The molecule has 1 atom stereocenters. The molecule has 1 unspecified atom stereocenters. The molecule has 2 N–H and O–H groups in total. The molecule has 3 nitrogen and oxygen atoms in total. The number of hydrogen-bond donors (Lipinski definition) is 1. The molecular formula is C15H21BrN2O. The van der Waals surface area contributed by atoms with Gasteiger partial charge in [0.25, 0.3) is 0 Å². The molecule has 0 bridgehead atoms. The molecule has 1 aliphatic rings. The minimum atomic E-state index is 0.0537. The summed E-state index contributed by atoms with van der Waals surface area (Å²) in [7, 11) is 1.75. The van der Waals surface area contributed by atoms with Gasteiger partial charge in [0, 0.05) is 36.4 Å². The summed E-state index contributed by atoms with van der Waals surface area (Å²) in [6.45, 7) is 4.74. The van der Waals surface area contributed by atoms with E-state index in [2.05, 4.69) is 45.1 Å². The molecule has 0 amide bonds. The Morgan fingerprint density at radius 2 is 2.26 bits per heavy atom. The Morgan fingerprint density at radius 1 is 1.47 bits per heavy atom. The van der Waals surface area contributed by atoms with Gasteiger partial charge in [-0.3, -0.25) is 0 Å². The van der Waals surface area contributed by atoms with Crippen LogP contribution in [0.15, 0.2) is 34.3 Å². The highest BCUT2D eigenvalue weighted by Gasteiger charge is 2.14. The molecule has 1 heterocycles. The Bertz CT molecular complexity index is 471. The summed E-state index contributed by atoms with van der Waals surface area (Å²) < 4.78 is 6.26. The standard InChI is InChI=1S/C15H21BrN2O/c1-11(17)14-4-3-13(9-15(14)16)18-7-5-12(6-8-18)10-19-2/h3-5,9,11H,6-8,10,17H2,1-2H3. The van der Waals surface area contributed by atoms with E-state index in [1.165, 1.54) is 11.3 Å². The predicted octanol–water partition coefficient (Wildman–Crippen LogP) is 3.25. The van der Waals surface area contributed by atoms with Gasteiger partial charge in [0.15, 0.2) is 0 Å². The zero-order valence-electron chi connectivity index (χ0n) is 11.5. The summed E-state index contributed by atoms with van der Waals surface area (Å²) in [5.41, 5.74) is 9.71. The maximum Gasteiger partial charge on any atom is 0.0674 e. The Kier molecular flexibility index (Phi) is 5.02. The number of anilines is 1. The number of hydrogen-bond acceptors (Lipinski definition) is 3. The van der Waals surface area contributed by atoms with E-state index >= 15 is 0 Å². The SMILES string of the molecule is COCC1=CCN(c2ccc(C(C)N)c(Br)c2)CC1. The summed E-state index contributed by atoms with van der Waals surface area (Å²) in [4.78, 5) is 2.37. The second kappa shape index (κ2) is 6.55. The number of nitrogens with two attached hydrogens (primary N) is 1. The van der Waals surface area contributed by atoms with Crippen molar-refractivity contribution < 1.29 is 4.74 Å². The molecule has 1 aromatic carbocycles. The highest BCUT2D eigenvalue weighted by molar-refractivity contribution is 9.10. The lowest BCUT2D eigenvalue weighted by Crippen LogP contribution is -2.29. The summed E-state index contributed by atoms with van der Waals surface area (Å²) in [5.74, 6) is 0. The quantitative estimate of drug-likeness (QED) is 0.864. The van der Waals surface area contributed by atoms with Crippen molar-refractivity contribution >= 4 is 21.6 Å². The van der Waals surface area contributed by atoms with Crippen molar-refractivity contribution in [3.63, 3.8) is 0 Å². The Labute approximate surface area is 123 Å². The molecule has 104 valence electrons. The van der Waals surface area contributed by atoms with E-state index in [0.29, 0.717) is 0 Å². The van der Waals surface area contributed by atoms with E-state index in [-0.39, 0.29) is 6.04 Å². The van der Waals surface area contributed by atoms with Crippen LogP contribution in [0.4, 0.5) is 5.69 Å². The largest absolute Gasteiger partial charge is 0.380 e. The van der Waals surface area contributed by atoms with Gasteiger partial charge in [-0.25, -0.2) is 0 Å². The maximum atomic E-state index is 5.93. The first-order chi connectivity index (χ1) is 9.11. The van der Waals surface area contributed by atoms with Crippen LogP contribution in [-0.4, -0.2) is 26.8 Å². The molecule has 2 rings (SSSR count). The fourth-order valence-corrected chi connectivity index (χ4v) is 3.07. The summed E-state index contributed by atoms with van der Waals surface area (Å²) in [6.07, 6.45) is 3.33. The second-order valence-electron chi connectivity index (χ2n) is 4.99. The molecule has 0 aliphatic carbocycles. The summed E-state index contributed by atoms with van der Waals surface area (Å²) >= 11 is 3.61. The number of methoxy groups -OCH3 is 1. The van der Waals surface area contributed by atoms with Gasteiger partial charge in [0.2, 0.25) is 0 Å². The third kappa shape index (κ3) is 3.59. The van der Waals surface area contributed by atoms with Crippen LogP contribution in [-0.2, 0) is 4.74 Å². The first-order valence-electron chi connectivity index (χ1n) is 6.58. The van der Waals surface area contributed by atoms with Gasteiger partial charge in [0.05, 0.1) is 6.61 Å². The van der Waals surface area contributed by atoms with Gasteiger partial charge in [-0.05, 0) is 36.6 Å². The minimum Gasteiger partial charge on any atom is -0.380 e. The van der Waals surface area contributed by atoms with E-state index in [4.69, 9.17) is 10.5 Å². The first kappa shape index (κ1) is 14.6. The third-order valence-electron chi connectivity index (χ3n) is 3.47. The Hall–Kier alpha value is -0.840. The lowest BCUT2D eigenvalue weighted by molar-refractivity contribution is 0.222. The van der Waals surface area contributed by atoms with Crippen LogP contribution in [0.1, 0.15) is 24.9 Å². The average Bonchev–Trinajstić information content (AvgIpc) is 2.39. The van der Waals surface area contributed by atoms with E-state index in [9.17, 15) is 0 Å². The normalized spacial score (nSPS) is 17.3. The lowest BCUT2D eigenvalue weighted by atomic mass is 10.1. The number of halogens is 1. The predicted molar refractivity (Wildman–Crippen MR) is 83.5 cm³/mol. The van der Waals surface area contributed by atoms with Gasteiger partial charge in [0.1, 0.15) is 0 Å². The second-order valence-corrected chi connectivity index (χ2v) is 5.84. The van der Waals surface area contributed by atoms with Crippen LogP contribution in [0, 0.1) is 0 Å². The molecule has 0 aromatic heterocycles. The maximum absolute atomic E-state index is 5.93. The number of benzene rings is 1. The van der Waals surface area contributed by atoms with Crippen LogP contribution in [0.2, 0.25) is 0 Å². The molecule has 19 heavy (non-hydrogen) atoms. The van der Waals surface area contributed by atoms with Gasteiger partial charge < -0.3 is 15.4 Å². The van der Waals surface area contributed by atoms with Gasteiger partial charge >= 0.3 is 0 Å². The van der Waals surface area contributed by atoms with E-state index in [0.717, 1.165) is 36.2 Å². The van der Waals surface area contributed by atoms with Gasteiger partial charge in [-0.15, -0.1) is 0 Å². The zero-order chi connectivity index (χ0) is 13.8. The molecule has 0 radical (unpaired) electrons. The number of nitrogens with zero attached hydrogens (tertiary/aromatic N) is 1. The number of rotatable bonds is 4. The average molecular weight is 325 g/mol. The minimum absolute atomic E-state index is 0.0537. The molecular weight excluding hydrogens is 304 g/mol. The van der Waals surface area contributed by atoms with Crippen molar-refractivity contribution in [3.8, 4) is 0 Å². The van der Waals surface area contributed by atoms with Crippen molar-refractivity contribution in [1.29, 1.82) is 0 Å². The zero-order valence-corrected chi connectivity index (χ0v) is 13.1. The molecule has 0 fully saturated rings. The number of ether oxygens (including phenoxy) is 1. The topological polar surface area (TPSA) is 38.5 Å². The van der Waals surface area contributed by atoms with E-state index in [1.54, 1.807) is 7.11 Å². The highest BCUT2D eigenvalue weighted by atomic mass is 79.9. The van der Waals surface area contributed by atoms with Crippen molar-refractivity contribution in [1.82, 2.24) is 0 Å². The van der Waals surface area contributed by atoms with Crippen molar-refractivity contribution in [2.45, 2.75) is 19.4 Å². The van der Waals surface area contributed by atoms with Gasteiger partial charge in [-0.2, -0.15) is 0 Å². The molecule has 0 saturated heterocycles. The van der Waals surface area contributed by atoms with Crippen LogP contribution in [0.5, 0.6) is 0 Å². The van der Waals surface area contributed by atoms with E-state index < -0.39 is 0 Å². The van der Waals surface area contributed by atoms with Crippen molar-refractivity contribution in [3.05, 3.63) is 39.9 Å². The van der Waals surface area contributed by atoms with Crippen LogP contribution < -0.4 is 10.6 Å². The monoisotopic (exact) mass is 324 g/mol. The van der Waals surface area contributed by atoms with E-state index in [1.807, 2.05) is 6.92 Å². The summed E-state index contributed by atoms with van der Waals surface area (Å²) in [6, 6.07) is 6.48. The molecule has 1 aliphatic heterocycles. The van der Waals surface area contributed by atoms with Crippen LogP contribution in [0.25, 0.3) is 0 Å². The fraction of sp³-hybridized carbons (Fsp3) is 0.467. The fourth-order valence-electron chi connectivity index (χ4n) is 2.34. The molecule has 1 aromatic rings.